The number of nitrogens with zero attached hydrogens (tertiary/aromatic N) is 1. The standard InChI is InChI=1S/C15H15NO/c1-15(2)8-12(15)14(17)11-7-10-5-3-4-6-13(10)16-9-11/h3-7,9,12H,8H2,1-2H3. The van der Waals surface area contributed by atoms with Crippen LogP contribution in [0.4, 0.5) is 0 Å². The number of fused-ring (bicyclic) bond motifs is 1. The molecule has 0 radical (unpaired) electrons. The normalized spacial score (nSPS) is 21.4. The summed E-state index contributed by atoms with van der Waals surface area (Å²) >= 11 is 0. The van der Waals surface area contributed by atoms with E-state index in [4.69, 9.17) is 0 Å². The summed E-state index contributed by atoms with van der Waals surface area (Å²) in [5, 5.41) is 1.04. The van der Waals surface area contributed by atoms with Crippen molar-refractivity contribution in [3.63, 3.8) is 0 Å². The summed E-state index contributed by atoms with van der Waals surface area (Å²) < 4.78 is 0. The highest BCUT2D eigenvalue weighted by Crippen LogP contribution is 2.53. The number of ketones is 1. The van der Waals surface area contributed by atoms with E-state index in [1.165, 1.54) is 0 Å². The van der Waals surface area contributed by atoms with E-state index >= 15 is 0 Å². The molecule has 1 aliphatic rings. The maximum Gasteiger partial charge on any atom is 0.168 e. The van der Waals surface area contributed by atoms with E-state index in [0.29, 0.717) is 0 Å². The minimum atomic E-state index is 0.183. The van der Waals surface area contributed by atoms with Gasteiger partial charge in [-0.3, -0.25) is 9.78 Å². The van der Waals surface area contributed by atoms with E-state index in [-0.39, 0.29) is 17.1 Å². The van der Waals surface area contributed by atoms with Gasteiger partial charge in [0.25, 0.3) is 0 Å². The number of hydrogen-bond acceptors (Lipinski definition) is 2. The van der Waals surface area contributed by atoms with Crippen LogP contribution in [0.3, 0.4) is 0 Å². The third-order valence-electron chi connectivity index (χ3n) is 3.70. The van der Waals surface area contributed by atoms with Crippen LogP contribution in [0.25, 0.3) is 10.9 Å². The van der Waals surface area contributed by atoms with Gasteiger partial charge in [0.15, 0.2) is 5.78 Å². The zero-order chi connectivity index (χ0) is 12.0. The van der Waals surface area contributed by atoms with Crippen LogP contribution in [-0.2, 0) is 0 Å². The van der Waals surface area contributed by atoms with Crippen molar-refractivity contribution >= 4 is 16.7 Å². The number of aromatic nitrogens is 1. The SMILES string of the molecule is CC1(C)CC1C(=O)c1cnc2ccccc2c1. The molecule has 0 aliphatic heterocycles. The Morgan fingerprint density at radius 2 is 2.06 bits per heavy atom. The Labute approximate surface area is 101 Å². The molecule has 1 fully saturated rings. The van der Waals surface area contributed by atoms with Crippen LogP contribution in [0.1, 0.15) is 30.6 Å². The second-order valence-electron chi connectivity index (χ2n) is 5.53. The summed E-state index contributed by atoms with van der Waals surface area (Å²) in [4.78, 5) is 16.6. The first-order chi connectivity index (χ1) is 8.08. The molecule has 3 rings (SSSR count). The maximum absolute atomic E-state index is 12.2. The van der Waals surface area contributed by atoms with Crippen molar-refractivity contribution in [3.05, 3.63) is 42.1 Å². The summed E-state index contributed by atoms with van der Waals surface area (Å²) in [5.74, 6) is 0.429. The van der Waals surface area contributed by atoms with Gasteiger partial charge in [-0.2, -0.15) is 0 Å². The van der Waals surface area contributed by atoms with Gasteiger partial charge in [0.2, 0.25) is 0 Å². The summed E-state index contributed by atoms with van der Waals surface area (Å²) in [6, 6.07) is 9.85. The van der Waals surface area contributed by atoms with Gasteiger partial charge in [0.05, 0.1) is 5.52 Å². The fourth-order valence-electron chi connectivity index (χ4n) is 2.32. The van der Waals surface area contributed by atoms with Crippen molar-refractivity contribution in [2.75, 3.05) is 0 Å². The fraction of sp³-hybridized carbons (Fsp3) is 0.333. The topological polar surface area (TPSA) is 30.0 Å². The maximum atomic E-state index is 12.2. The first-order valence-corrected chi connectivity index (χ1v) is 5.97. The molecule has 1 atom stereocenters. The first-order valence-electron chi connectivity index (χ1n) is 5.97. The molecule has 1 aromatic heterocycles. The van der Waals surface area contributed by atoms with Crippen LogP contribution in [-0.4, -0.2) is 10.8 Å². The van der Waals surface area contributed by atoms with Crippen LogP contribution in [0.15, 0.2) is 36.5 Å². The molecule has 0 N–H and O–H groups in total. The Bertz CT molecular complexity index is 601. The average Bonchev–Trinajstić information content (AvgIpc) is 2.97. The van der Waals surface area contributed by atoms with Crippen LogP contribution in [0.2, 0.25) is 0 Å². The van der Waals surface area contributed by atoms with Crippen LogP contribution < -0.4 is 0 Å². The van der Waals surface area contributed by atoms with Crippen molar-refractivity contribution in [1.29, 1.82) is 0 Å². The van der Waals surface area contributed by atoms with E-state index in [2.05, 4.69) is 18.8 Å². The molecule has 2 heteroatoms. The molecule has 2 nitrogen and oxygen atoms in total. The number of Topliss-reactive ketones (excluding diaryl/α,β-unsaturated/α-hetero) is 1. The third kappa shape index (κ3) is 1.74. The Hall–Kier alpha value is -1.70. The molecule has 0 saturated heterocycles. The van der Waals surface area contributed by atoms with E-state index in [1.807, 2.05) is 30.3 Å². The van der Waals surface area contributed by atoms with Crippen molar-refractivity contribution in [3.8, 4) is 0 Å². The van der Waals surface area contributed by atoms with E-state index in [9.17, 15) is 4.79 Å². The number of rotatable bonds is 2. The van der Waals surface area contributed by atoms with Gasteiger partial charge in [0, 0.05) is 23.1 Å². The predicted octanol–water partition coefficient (Wildman–Crippen LogP) is 3.46. The minimum absolute atomic E-state index is 0.183. The first kappa shape index (κ1) is 10.5. The van der Waals surface area contributed by atoms with E-state index in [1.54, 1.807) is 6.20 Å². The monoisotopic (exact) mass is 225 g/mol. The zero-order valence-electron chi connectivity index (χ0n) is 10.1. The molecule has 86 valence electrons. The van der Waals surface area contributed by atoms with Crippen molar-refractivity contribution in [2.24, 2.45) is 11.3 Å². The van der Waals surface area contributed by atoms with Crippen molar-refractivity contribution in [1.82, 2.24) is 4.98 Å². The van der Waals surface area contributed by atoms with Gasteiger partial charge < -0.3 is 0 Å². The highest BCUT2D eigenvalue weighted by atomic mass is 16.1. The lowest BCUT2D eigenvalue weighted by Gasteiger charge is -2.04. The Kier molecular flexibility index (Phi) is 2.09. The zero-order valence-corrected chi connectivity index (χ0v) is 10.1. The van der Waals surface area contributed by atoms with Crippen molar-refractivity contribution in [2.45, 2.75) is 20.3 Å². The van der Waals surface area contributed by atoms with Gasteiger partial charge in [-0.1, -0.05) is 32.0 Å². The molecule has 0 spiro atoms. The molecule has 1 aromatic carbocycles. The molecule has 17 heavy (non-hydrogen) atoms. The van der Waals surface area contributed by atoms with Gasteiger partial charge in [0.1, 0.15) is 0 Å². The minimum Gasteiger partial charge on any atom is -0.294 e. The molecule has 0 amide bonds. The van der Waals surface area contributed by atoms with Gasteiger partial charge in [-0.05, 0) is 24.0 Å². The molecule has 1 aliphatic carbocycles. The predicted molar refractivity (Wildman–Crippen MR) is 68.0 cm³/mol. The number of para-hydroxylation sites is 1. The van der Waals surface area contributed by atoms with Crippen LogP contribution in [0, 0.1) is 11.3 Å². The van der Waals surface area contributed by atoms with E-state index < -0.39 is 0 Å². The Morgan fingerprint density at radius 1 is 1.35 bits per heavy atom. The van der Waals surface area contributed by atoms with Crippen molar-refractivity contribution < 1.29 is 4.79 Å². The molecule has 1 saturated carbocycles. The lowest BCUT2D eigenvalue weighted by molar-refractivity contribution is 0.0953. The third-order valence-corrected chi connectivity index (χ3v) is 3.70. The van der Waals surface area contributed by atoms with Gasteiger partial charge in [-0.15, -0.1) is 0 Å². The van der Waals surface area contributed by atoms with Gasteiger partial charge in [-0.25, -0.2) is 0 Å². The molecule has 2 aromatic rings. The number of carbonyl (C=O) groups is 1. The van der Waals surface area contributed by atoms with Crippen LogP contribution >= 0.6 is 0 Å². The molecular formula is C15H15NO. The largest absolute Gasteiger partial charge is 0.294 e. The second-order valence-corrected chi connectivity index (χ2v) is 5.53. The average molecular weight is 225 g/mol. The number of pyridine rings is 1. The fourth-order valence-corrected chi connectivity index (χ4v) is 2.32. The number of hydrogen-bond donors (Lipinski definition) is 0. The highest BCUT2D eigenvalue weighted by molar-refractivity contribution is 6.02. The smallest absolute Gasteiger partial charge is 0.168 e. The van der Waals surface area contributed by atoms with Gasteiger partial charge >= 0.3 is 0 Å². The molecule has 0 bridgehead atoms. The number of benzene rings is 1. The molecule has 1 heterocycles. The quantitative estimate of drug-likeness (QED) is 0.732. The summed E-state index contributed by atoms with van der Waals surface area (Å²) in [7, 11) is 0. The van der Waals surface area contributed by atoms with Crippen LogP contribution in [0.5, 0.6) is 0 Å². The van der Waals surface area contributed by atoms with E-state index in [0.717, 1.165) is 22.9 Å². The highest BCUT2D eigenvalue weighted by Gasteiger charge is 2.50. The number of carbonyl (C=O) groups excluding carboxylic acids is 1. The Morgan fingerprint density at radius 3 is 2.76 bits per heavy atom. The summed E-state index contributed by atoms with van der Waals surface area (Å²) in [6.45, 7) is 4.29. The lowest BCUT2D eigenvalue weighted by atomic mass is 10.0. The lowest BCUT2D eigenvalue weighted by Crippen LogP contribution is -2.06. The molecule has 1 unspecified atom stereocenters. The summed E-state index contributed by atoms with van der Waals surface area (Å²) in [6.07, 6.45) is 2.71. The molecular weight excluding hydrogens is 210 g/mol. The second kappa shape index (κ2) is 3.39. The summed E-state index contributed by atoms with van der Waals surface area (Å²) in [5.41, 5.74) is 1.88. The Balaban J connectivity index is 1.99.